The Morgan fingerprint density at radius 1 is 1.03 bits per heavy atom. The van der Waals surface area contributed by atoms with Crippen LogP contribution in [0.3, 0.4) is 0 Å². The van der Waals surface area contributed by atoms with Crippen molar-refractivity contribution in [3.63, 3.8) is 0 Å². The molecule has 1 fully saturated rings. The van der Waals surface area contributed by atoms with Gasteiger partial charge in [-0.1, -0.05) is 0 Å². The number of carbonyl (C=O) groups excluding carboxylic acids is 3. The number of halogens is 2. The second kappa shape index (κ2) is 10.2. The lowest BCUT2D eigenvalue weighted by Gasteiger charge is -2.12. The van der Waals surface area contributed by atoms with Crippen LogP contribution in [-0.4, -0.2) is 33.1 Å². The Balaban J connectivity index is 1.53. The molecule has 3 aromatic rings. The highest BCUT2D eigenvalue weighted by atomic mass is 127. The molecule has 174 valence electrons. The van der Waals surface area contributed by atoms with E-state index >= 15 is 0 Å². The van der Waals surface area contributed by atoms with Crippen LogP contribution in [0.2, 0.25) is 0 Å². The lowest BCUT2D eigenvalue weighted by Crippen LogP contribution is -2.36. The number of nitrogens with one attached hydrogen (secondary N) is 1. The molecule has 1 aromatic heterocycles. The summed E-state index contributed by atoms with van der Waals surface area (Å²) in [6.45, 7) is 5.75. The zero-order valence-corrected chi connectivity index (χ0v) is 23.8. The molecule has 1 aliphatic rings. The largest absolute Gasteiger partial charge is 0.325 e. The van der Waals surface area contributed by atoms with Crippen LogP contribution in [0.25, 0.3) is 11.8 Å². The summed E-state index contributed by atoms with van der Waals surface area (Å²) in [5.74, 6) is -0.875. The van der Waals surface area contributed by atoms with Crippen LogP contribution in [0.15, 0.2) is 53.4 Å². The van der Waals surface area contributed by atoms with E-state index in [-0.39, 0.29) is 6.54 Å². The van der Waals surface area contributed by atoms with Gasteiger partial charge in [-0.25, -0.2) is 0 Å². The predicted octanol–water partition coefficient (Wildman–Crippen LogP) is 6.29. The highest BCUT2D eigenvalue weighted by Crippen LogP contribution is 2.34. The number of anilines is 1. The summed E-state index contributed by atoms with van der Waals surface area (Å²) in [7, 11) is 0. The maximum absolute atomic E-state index is 12.9. The molecule has 34 heavy (non-hydrogen) atoms. The average Bonchev–Trinajstić information content (AvgIpc) is 3.21. The van der Waals surface area contributed by atoms with E-state index in [1.54, 1.807) is 18.2 Å². The van der Waals surface area contributed by atoms with Gasteiger partial charge in [0.25, 0.3) is 11.1 Å². The zero-order valence-electron chi connectivity index (χ0n) is 18.7. The number of imide groups is 1. The van der Waals surface area contributed by atoms with Gasteiger partial charge in [-0.3, -0.25) is 19.3 Å². The standard InChI is InChI=1S/C25H21I2N3O3S/c1-14-10-20(8-9-21(14)27)30-15(2)11-17(16(30)3)12-22-24(32)29(25(33)34-22)13-23(31)28-19-6-4-18(26)5-7-19/h4-12H,13H2,1-3H3,(H,28,31)/b22-12-. The first kappa shape index (κ1) is 25.0. The van der Waals surface area contributed by atoms with Crippen LogP contribution in [0, 0.1) is 27.9 Å². The number of rotatable bonds is 5. The van der Waals surface area contributed by atoms with E-state index in [1.165, 1.54) is 9.13 Å². The van der Waals surface area contributed by atoms with Gasteiger partial charge in [0.05, 0.1) is 4.91 Å². The molecule has 1 N–H and O–H groups in total. The number of nitrogens with zero attached hydrogens (tertiary/aromatic N) is 2. The first-order chi connectivity index (χ1) is 16.1. The predicted molar refractivity (Wildman–Crippen MR) is 153 cm³/mol. The summed E-state index contributed by atoms with van der Waals surface area (Å²) in [6, 6.07) is 15.6. The van der Waals surface area contributed by atoms with Gasteiger partial charge in [0.15, 0.2) is 0 Å². The van der Waals surface area contributed by atoms with E-state index < -0.39 is 17.1 Å². The first-order valence-electron chi connectivity index (χ1n) is 10.4. The maximum atomic E-state index is 12.9. The van der Waals surface area contributed by atoms with Gasteiger partial charge < -0.3 is 9.88 Å². The number of hydrogen-bond donors (Lipinski definition) is 1. The summed E-state index contributed by atoms with van der Waals surface area (Å²) in [4.78, 5) is 39.2. The molecule has 3 amide bonds. The number of amides is 3. The fourth-order valence-electron chi connectivity index (χ4n) is 3.75. The molecule has 0 radical (unpaired) electrons. The molecule has 4 rings (SSSR count). The number of aromatic nitrogens is 1. The Morgan fingerprint density at radius 3 is 2.41 bits per heavy atom. The fourth-order valence-corrected chi connectivity index (χ4v) is 5.28. The highest BCUT2D eigenvalue weighted by Gasteiger charge is 2.36. The van der Waals surface area contributed by atoms with Gasteiger partial charge >= 0.3 is 0 Å². The zero-order chi connectivity index (χ0) is 24.6. The molecule has 0 bridgehead atoms. The average molecular weight is 697 g/mol. The van der Waals surface area contributed by atoms with Crippen molar-refractivity contribution in [1.29, 1.82) is 0 Å². The van der Waals surface area contributed by atoms with Gasteiger partial charge in [0.2, 0.25) is 5.91 Å². The van der Waals surface area contributed by atoms with Crippen molar-refractivity contribution < 1.29 is 14.4 Å². The third-order valence-electron chi connectivity index (χ3n) is 5.46. The lowest BCUT2D eigenvalue weighted by molar-refractivity contribution is -0.127. The molecule has 0 unspecified atom stereocenters. The number of hydrogen-bond acceptors (Lipinski definition) is 4. The maximum Gasteiger partial charge on any atom is 0.294 e. The van der Waals surface area contributed by atoms with E-state index in [0.29, 0.717) is 10.6 Å². The van der Waals surface area contributed by atoms with E-state index in [1.807, 2.05) is 32.0 Å². The summed E-state index contributed by atoms with van der Waals surface area (Å²) in [6.07, 6.45) is 1.74. The molecular formula is C25H21I2N3O3S. The molecule has 6 nitrogen and oxygen atoms in total. The van der Waals surface area contributed by atoms with Gasteiger partial charge in [0, 0.05) is 29.9 Å². The summed E-state index contributed by atoms with van der Waals surface area (Å²) >= 11 is 5.35. The van der Waals surface area contributed by atoms with Gasteiger partial charge in [0.1, 0.15) is 6.54 Å². The third kappa shape index (κ3) is 5.25. The Kier molecular flexibility index (Phi) is 7.53. The van der Waals surface area contributed by atoms with E-state index in [2.05, 4.69) is 80.2 Å². The smallest absolute Gasteiger partial charge is 0.294 e. The van der Waals surface area contributed by atoms with Gasteiger partial charge in [-0.15, -0.1) is 0 Å². The molecular weight excluding hydrogens is 676 g/mol. The molecule has 1 aliphatic heterocycles. The second-order valence-corrected chi connectivity index (χ2v) is 11.3. The van der Waals surface area contributed by atoms with Crippen molar-refractivity contribution in [2.45, 2.75) is 20.8 Å². The molecule has 2 heterocycles. The van der Waals surface area contributed by atoms with Gasteiger partial charge in [-0.05, 0) is 143 Å². The van der Waals surface area contributed by atoms with E-state index in [4.69, 9.17) is 0 Å². The Labute approximate surface area is 229 Å². The van der Waals surface area contributed by atoms with Crippen molar-refractivity contribution in [3.8, 4) is 5.69 Å². The Morgan fingerprint density at radius 2 is 1.74 bits per heavy atom. The minimum Gasteiger partial charge on any atom is -0.325 e. The fraction of sp³-hybridized carbons (Fsp3) is 0.160. The molecule has 0 spiro atoms. The van der Waals surface area contributed by atoms with Crippen molar-refractivity contribution in [2.75, 3.05) is 11.9 Å². The first-order valence-corrected chi connectivity index (χ1v) is 13.4. The molecule has 9 heteroatoms. The van der Waals surface area contributed by atoms with Crippen molar-refractivity contribution >= 4 is 85.8 Å². The number of aryl methyl sites for hydroxylation is 2. The minimum absolute atomic E-state index is 0.311. The monoisotopic (exact) mass is 697 g/mol. The van der Waals surface area contributed by atoms with E-state index in [9.17, 15) is 14.4 Å². The quantitative estimate of drug-likeness (QED) is 0.252. The number of thioether (sulfide) groups is 1. The topological polar surface area (TPSA) is 71.4 Å². The molecule has 0 aliphatic carbocycles. The van der Waals surface area contributed by atoms with Crippen LogP contribution in [-0.2, 0) is 9.59 Å². The van der Waals surface area contributed by atoms with E-state index in [0.717, 1.165) is 42.9 Å². The van der Waals surface area contributed by atoms with Crippen molar-refractivity contribution in [2.24, 2.45) is 0 Å². The van der Waals surface area contributed by atoms with Crippen LogP contribution in [0.1, 0.15) is 22.5 Å². The SMILES string of the molecule is Cc1cc(-n2c(C)cc(/C=C3\SC(=O)N(CC(=O)Nc4ccc(I)cc4)C3=O)c2C)ccc1I. The Hall–Kier alpha value is -2.12. The molecule has 0 saturated carbocycles. The number of benzene rings is 2. The molecule has 2 aromatic carbocycles. The highest BCUT2D eigenvalue weighted by molar-refractivity contribution is 14.1. The lowest BCUT2D eigenvalue weighted by atomic mass is 10.2. The molecule has 0 atom stereocenters. The van der Waals surface area contributed by atoms with Crippen molar-refractivity contribution in [1.82, 2.24) is 9.47 Å². The normalized spacial score (nSPS) is 14.9. The third-order valence-corrected chi connectivity index (χ3v) is 8.30. The number of carbonyl (C=O) groups is 3. The summed E-state index contributed by atoms with van der Waals surface area (Å²) < 4.78 is 4.38. The van der Waals surface area contributed by atoms with Crippen LogP contribution < -0.4 is 5.32 Å². The van der Waals surface area contributed by atoms with Crippen molar-refractivity contribution in [3.05, 3.63) is 83.1 Å². The molecule has 1 saturated heterocycles. The second-order valence-electron chi connectivity index (χ2n) is 7.92. The van der Waals surface area contributed by atoms with Crippen LogP contribution in [0.5, 0.6) is 0 Å². The Bertz CT molecular complexity index is 1350. The minimum atomic E-state index is -0.456. The summed E-state index contributed by atoms with van der Waals surface area (Å²) in [5, 5.41) is 2.28. The summed E-state index contributed by atoms with van der Waals surface area (Å²) in [5.41, 5.74) is 5.72. The van der Waals surface area contributed by atoms with Gasteiger partial charge in [-0.2, -0.15) is 0 Å². The van der Waals surface area contributed by atoms with Crippen LogP contribution in [0.4, 0.5) is 10.5 Å². The van der Waals surface area contributed by atoms with Crippen LogP contribution >= 0.6 is 56.9 Å².